The topological polar surface area (TPSA) is 43.8 Å². The van der Waals surface area contributed by atoms with Crippen molar-refractivity contribution in [2.75, 3.05) is 5.73 Å². The molecule has 0 aliphatic carbocycles. The number of benzene rings is 2. The zero-order chi connectivity index (χ0) is 15.1. The second-order valence-corrected chi connectivity index (χ2v) is 5.70. The van der Waals surface area contributed by atoms with Gasteiger partial charge in [-0.05, 0) is 44.2 Å². The van der Waals surface area contributed by atoms with Crippen LogP contribution >= 0.6 is 11.6 Å². The van der Waals surface area contributed by atoms with Crippen LogP contribution in [0.15, 0.2) is 36.4 Å². The summed E-state index contributed by atoms with van der Waals surface area (Å²) in [6, 6.07) is 10.1. The van der Waals surface area contributed by atoms with Crippen LogP contribution in [-0.2, 0) is 0 Å². The van der Waals surface area contributed by atoms with Gasteiger partial charge in [0.25, 0.3) is 0 Å². The number of nitrogens with zero attached hydrogens (tertiary/aromatic N) is 2. The minimum atomic E-state index is -0.300. The Labute approximate surface area is 127 Å². The van der Waals surface area contributed by atoms with Crippen LogP contribution in [0.4, 0.5) is 10.1 Å². The monoisotopic (exact) mass is 303 g/mol. The number of hydrogen-bond donors (Lipinski definition) is 1. The maximum atomic E-state index is 13.4. The van der Waals surface area contributed by atoms with Crippen LogP contribution in [0.2, 0.25) is 5.02 Å². The van der Waals surface area contributed by atoms with Crippen molar-refractivity contribution >= 4 is 28.3 Å². The number of nitrogens with two attached hydrogens (primary N) is 1. The Bertz CT molecular complexity index is 824. The van der Waals surface area contributed by atoms with E-state index in [2.05, 4.69) is 18.8 Å². The fraction of sp³-hybridized carbons (Fsp3) is 0.188. The predicted molar refractivity (Wildman–Crippen MR) is 84.9 cm³/mol. The van der Waals surface area contributed by atoms with Crippen molar-refractivity contribution in [3.05, 3.63) is 47.2 Å². The second-order valence-electron chi connectivity index (χ2n) is 5.26. The van der Waals surface area contributed by atoms with Crippen molar-refractivity contribution in [1.82, 2.24) is 9.55 Å². The van der Waals surface area contributed by atoms with Crippen molar-refractivity contribution in [3.8, 4) is 11.4 Å². The Kier molecular flexibility index (Phi) is 3.33. The van der Waals surface area contributed by atoms with E-state index in [1.165, 1.54) is 12.1 Å². The minimum Gasteiger partial charge on any atom is -0.398 e. The molecule has 0 spiro atoms. The van der Waals surface area contributed by atoms with Gasteiger partial charge < -0.3 is 10.3 Å². The maximum Gasteiger partial charge on any atom is 0.143 e. The summed E-state index contributed by atoms with van der Waals surface area (Å²) < 4.78 is 15.5. The highest BCUT2D eigenvalue weighted by atomic mass is 35.5. The van der Waals surface area contributed by atoms with E-state index in [0.717, 1.165) is 16.9 Å². The van der Waals surface area contributed by atoms with Gasteiger partial charge in [0.1, 0.15) is 11.6 Å². The van der Waals surface area contributed by atoms with Gasteiger partial charge in [-0.25, -0.2) is 9.37 Å². The summed E-state index contributed by atoms with van der Waals surface area (Å²) >= 11 is 5.95. The number of nitrogen functional groups attached to an aromatic ring is 1. The first-order valence-electron chi connectivity index (χ1n) is 6.70. The Morgan fingerprint density at radius 1 is 1.19 bits per heavy atom. The average Bonchev–Trinajstić information content (AvgIpc) is 2.76. The Balaban J connectivity index is 2.33. The molecule has 0 aliphatic rings. The summed E-state index contributed by atoms with van der Waals surface area (Å²) in [5, 5.41) is 0.578. The molecule has 21 heavy (non-hydrogen) atoms. The molecule has 0 saturated carbocycles. The van der Waals surface area contributed by atoms with Crippen molar-refractivity contribution in [2.45, 2.75) is 19.9 Å². The van der Waals surface area contributed by atoms with Crippen LogP contribution in [-0.4, -0.2) is 9.55 Å². The van der Waals surface area contributed by atoms with Gasteiger partial charge in [-0.1, -0.05) is 11.6 Å². The number of fused-ring (bicyclic) bond motifs is 1. The molecular formula is C16H15ClFN3. The first-order valence-corrected chi connectivity index (χ1v) is 7.08. The van der Waals surface area contributed by atoms with E-state index in [1.54, 1.807) is 18.2 Å². The predicted octanol–water partition coefficient (Wildman–Crippen LogP) is 4.66. The summed E-state index contributed by atoms with van der Waals surface area (Å²) in [4.78, 5) is 4.56. The third-order valence-corrected chi connectivity index (χ3v) is 3.66. The first-order chi connectivity index (χ1) is 9.97. The molecule has 3 aromatic rings. The lowest BCUT2D eigenvalue weighted by atomic mass is 10.1. The molecule has 1 aromatic heterocycles. The zero-order valence-electron chi connectivity index (χ0n) is 11.8. The fourth-order valence-electron chi connectivity index (χ4n) is 2.52. The number of aromatic nitrogens is 2. The van der Waals surface area contributed by atoms with Crippen LogP contribution in [0.3, 0.4) is 0 Å². The molecule has 0 saturated heterocycles. The van der Waals surface area contributed by atoms with Gasteiger partial charge in [0.05, 0.1) is 11.0 Å². The van der Waals surface area contributed by atoms with E-state index < -0.39 is 0 Å². The Hall–Kier alpha value is -2.07. The minimum absolute atomic E-state index is 0.172. The number of anilines is 1. The Morgan fingerprint density at radius 3 is 2.62 bits per heavy atom. The molecular weight excluding hydrogens is 289 g/mol. The molecule has 2 aromatic carbocycles. The summed E-state index contributed by atoms with van der Waals surface area (Å²) in [7, 11) is 0. The van der Waals surface area contributed by atoms with E-state index in [4.69, 9.17) is 17.3 Å². The highest BCUT2D eigenvalue weighted by Crippen LogP contribution is 2.33. The van der Waals surface area contributed by atoms with Crippen LogP contribution in [0.5, 0.6) is 0 Å². The van der Waals surface area contributed by atoms with Gasteiger partial charge >= 0.3 is 0 Å². The highest BCUT2D eigenvalue weighted by Gasteiger charge is 2.17. The largest absolute Gasteiger partial charge is 0.398 e. The van der Waals surface area contributed by atoms with E-state index in [-0.39, 0.29) is 11.9 Å². The van der Waals surface area contributed by atoms with E-state index >= 15 is 0 Å². The lowest BCUT2D eigenvalue weighted by Crippen LogP contribution is -2.04. The molecule has 0 unspecified atom stereocenters. The number of imidazole rings is 1. The van der Waals surface area contributed by atoms with Crippen LogP contribution in [0.25, 0.3) is 22.4 Å². The molecule has 0 bridgehead atoms. The maximum absolute atomic E-state index is 13.4. The summed E-state index contributed by atoms with van der Waals surface area (Å²) in [6.45, 7) is 4.11. The molecule has 108 valence electrons. The normalized spacial score (nSPS) is 11.5. The smallest absolute Gasteiger partial charge is 0.143 e. The molecule has 1 heterocycles. The van der Waals surface area contributed by atoms with E-state index in [0.29, 0.717) is 16.2 Å². The molecule has 0 atom stereocenters. The lowest BCUT2D eigenvalue weighted by Gasteiger charge is -2.14. The second kappa shape index (κ2) is 5.04. The molecule has 2 N–H and O–H groups in total. The van der Waals surface area contributed by atoms with Crippen LogP contribution in [0, 0.1) is 5.82 Å². The summed E-state index contributed by atoms with van der Waals surface area (Å²) in [5.74, 6) is 0.423. The van der Waals surface area contributed by atoms with Crippen molar-refractivity contribution in [1.29, 1.82) is 0 Å². The molecule has 0 radical (unpaired) electrons. The van der Waals surface area contributed by atoms with Crippen molar-refractivity contribution < 1.29 is 4.39 Å². The lowest BCUT2D eigenvalue weighted by molar-refractivity contribution is 0.620. The van der Waals surface area contributed by atoms with Gasteiger partial charge in [-0.2, -0.15) is 0 Å². The number of rotatable bonds is 2. The fourth-order valence-corrected chi connectivity index (χ4v) is 2.70. The molecule has 0 aliphatic heterocycles. The van der Waals surface area contributed by atoms with Crippen LogP contribution < -0.4 is 5.73 Å². The quantitative estimate of drug-likeness (QED) is 0.700. The van der Waals surface area contributed by atoms with Gasteiger partial charge in [0.15, 0.2) is 0 Å². The van der Waals surface area contributed by atoms with Gasteiger partial charge in [-0.15, -0.1) is 0 Å². The molecule has 3 rings (SSSR count). The molecule has 0 amide bonds. The van der Waals surface area contributed by atoms with Gasteiger partial charge in [-0.3, -0.25) is 0 Å². The summed E-state index contributed by atoms with van der Waals surface area (Å²) in [5.41, 5.74) is 8.92. The third-order valence-electron chi connectivity index (χ3n) is 3.42. The third kappa shape index (κ3) is 2.36. The van der Waals surface area contributed by atoms with Gasteiger partial charge in [0.2, 0.25) is 0 Å². The Morgan fingerprint density at radius 2 is 1.95 bits per heavy atom. The first kappa shape index (κ1) is 13.9. The standard InChI is InChI=1S/C16H15ClFN3/c1-9(2)21-15-6-4-11(18)8-14(15)20-16(21)12-5-3-10(17)7-13(12)19/h3-9H,19H2,1-2H3. The van der Waals surface area contributed by atoms with Gasteiger partial charge in [0, 0.05) is 28.4 Å². The highest BCUT2D eigenvalue weighted by molar-refractivity contribution is 6.31. The number of halogens is 2. The average molecular weight is 304 g/mol. The van der Waals surface area contributed by atoms with E-state index in [9.17, 15) is 4.39 Å². The van der Waals surface area contributed by atoms with Crippen molar-refractivity contribution in [2.24, 2.45) is 0 Å². The molecule has 0 fully saturated rings. The SMILES string of the molecule is CC(C)n1c(-c2ccc(Cl)cc2N)nc2cc(F)ccc21. The van der Waals surface area contributed by atoms with E-state index in [1.807, 2.05) is 10.6 Å². The molecule has 3 nitrogen and oxygen atoms in total. The zero-order valence-corrected chi connectivity index (χ0v) is 12.5. The van der Waals surface area contributed by atoms with Crippen molar-refractivity contribution in [3.63, 3.8) is 0 Å². The van der Waals surface area contributed by atoms with Crippen LogP contribution in [0.1, 0.15) is 19.9 Å². The summed E-state index contributed by atoms with van der Waals surface area (Å²) in [6.07, 6.45) is 0. The number of hydrogen-bond acceptors (Lipinski definition) is 2. The molecule has 5 heteroatoms.